The van der Waals surface area contributed by atoms with Crippen LogP contribution in [0.15, 0.2) is 28.2 Å². The zero-order valence-corrected chi connectivity index (χ0v) is 8.08. The summed E-state index contributed by atoms with van der Waals surface area (Å²) < 4.78 is 35.2. The van der Waals surface area contributed by atoms with Gasteiger partial charge in [-0.05, 0) is 12.1 Å². The maximum absolute atomic E-state index is 10.8. The van der Waals surface area contributed by atoms with Crippen molar-refractivity contribution < 1.29 is 17.7 Å². The Kier molecular flexibility index (Phi) is 2.82. The summed E-state index contributed by atoms with van der Waals surface area (Å²) in [6, 6.07) is 3.82. The molecular formula is C7H8N2O4S. The van der Waals surface area contributed by atoms with Gasteiger partial charge in [0.05, 0.1) is 7.11 Å². The molecule has 0 aliphatic heterocycles. The number of nitrogens with zero attached hydrogens (tertiary/aromatic N) is 1. The molecule has 0 atom stereocenters. The molecule has 0 unspecified atom stereocenters. The third kappa shape index (κ3) is 2.06. The van der Waals surface area contributed by atoms with Gasteiger partial charge in [-0.1, -0.05) is 0 Å². The van der Waals surface area contributed by atoms with E-state index < -0.39 is 15.0 Å². The molecule has 1 rings (SSSR count). The second kappa shape index (κ2) is 3.72. The van der Waals surface area contributed by atoms with E-state index in [1.54, 1.807) is 0 Å². The fourth-order valence-electron chi connectivity index (χ4n) is 0.920. The summed E-state index contributed by atoms with van der Waals surface area (Å²) in [6.45, 7) is 0. The monoisotopic (exact) mass is 216 g/mol. The van der Waals surface area contributed by atoms with Crippen molar-refractivity contribution in [3.8, 4) is 5.75 Å². The van der Waals surface area contributed by atoms with Crippen LogP contribution in [0.4, 0.5) is 5.69 Å². The molecular weight excluding hydrogens is 208 g/mol. The molecule has 0 aliphatic carbocycles. The second-order valence-corrected chi connectivity index (χ2v) is 3.81. The summed E-state index contributed by atoms with van der Waals surface area (Å²) >= 11 is 0. The number of nitrogens with one attached hydrogen (secondary N) is 1. The van der Waals surface area contributed by atoms with Gasteiger partial charge in [0.15, 0.2) is 0 Å². The molecule has 0 aliphatic rings. The Morgan fingerprint density at radius 2 is 2.14 bits per heavy atom. The minimum atomic E-state index is -4.37. The van der Waals surface area contributed by atoms with Crippen molar-refractivity contribution in [1.82, 2.24) is 0 Å². The SMILES string of the molecule is COc1ccc(N=N)c(S(=O)(=O)O)c1. The largest absolute Gasteiger partial charge is 0.497 e. The Morgan fingerprint density at radius 1 is 1.50 bits per heavy atom. The third-order valence-electron chi connectivity index (χ3n) is 1.57. The van der Waals surface area contributed by atoms with E-state index in [9.17, 15) is 8.42 Å². The van der Waals surface area contributed by atoms with Crippen molar-refractivity contribution in [1.29, 1.82) is 5.53 Å². The van der Waals surface area contributed by atoms with Crippen LogP contribution in [-0.2, 0) is 10.1 Å². The maximum atomic E-state index is 10.8. The standard InChI is InChI=1S/C7H8N2O4S/c1-13-5-2-3-6(9-8)7(4-5)14(10,11)12/h2-4,8H,1H3,(H,10,11,12). The smallest absolute Gasteiger partial charge is 0.296 e. The van der Waals surface area contributed by atoms with E-state index >= 15 is 0 Å². The topological polar surface area (TPSA) is 99.8 Å². The lowest BCUT2D eigenvalue weighted by Gasteiger charge is -2.03. The van der Waals surface area contributed by atoms with Crippen LogP contribution < -0.4 is 4.74 Å². The fraction of sp³-hybridized carbons (Fsp3) is 0.143. The molecule has 0 spiro atoms. The van der Waals surface area contributed by atoms with Gasteiger partial charge in [0.2, 0.25) is 0 Å². The van der Waals surface area contributed by atoms with E-state index in [2.05, 4.69) is 5.11 Å². The highest BCUT2D eigenvalue weighted by atomic mass is 32.2. The number of ether oxygens (including phenoxy) is 1. The van der Waals surface area contributed by atoms with E-state index in [0.29, 0.717) is 0 Å². The third-order valence-corrected chi connectivity index (χ3v) is 2.45. The first-order chi connectivity index (χ1) is 6.49. The number of hydrogen-bond acceptors (Lipinski definition) is 5. The van der Waals surface area contributed by atoms with Gasteiger partial charge >= 0.3 is 0 Å². The molecule has 0 bridgehead atoms. The minimum Gasteiger partial charge on any atom is -0.497 e. The van der Waals surface area contributed by atoms with Crippen LogP contribution in [-0.4, -0.2) is 20.1 Å². The summed E-state index contributed by atoms with van der Waals surface area (Å²) in [4.78, 5) is -0.438. The van der Waals surface area contributed by atoms with Crippen LogP contribution in [0.1, 0.15) is 0 Å². The molecule has 6 nitrogen and oxygen atoms in total. The van der Waals surface area contributed by atoms with Gasteiger partial charge in [-0.15, -0.1) is 0 Å². The molecule has 0 saturated heterocycles. The number of methoxy groups -OCH3 is 1. The quantitative estimate of drug-likeness (QED) is 0.592. The number of hydrogen-bond donors (Lipinski definition) is 2. The van der Waals surface area contributed by atoms with Crippen LogP contribution in [0.3, 0.4) is 0 Å². The molecule has 0 heterocycles. The van der Waals surface area contributed by atoms with Gasteiger partial charge in [0, 0.05) is 6.07 Å². The molecule has 14 heavy (non-hydrogen) atoms. The van der Waals surface area contributed by atoms with Gasteiger partial charge in [-0.25, -0.2) is 5.53 Å². The van der Waals surface area contributed by atoms with Gasteiger partial charge < -0.3 is 4.74 Å². The minimum absolute atomic E-state index is 0.131. The summed E-state index contributed by atoms with van der Waals surface area (Å²) in [7, 11) is -3.01. The number of rotatable bonds is 3. The van der Waals surface area contributed by atoms with Gasteiger partial charge in [-0.2, -0.15) is 13.5 Å². The zero-order chi connectivity index (χ0) is 10.8. The van der Waals surface area contributed by atoms with Crippen LogP contribution in [0.2, 0.25) is 0 Å². The summed E-state index contributed by atoms with van der Waals surface area (Å²) in [5.41, 5.74) is 6.57. The van der Waals surface area contributed by atoms with E-state index in [4.69, 9.17) is 14.8 Å². The highest BCUT2D eigenvalue weighted by Crippen LogP contribution is 2.27. The molecule has 0 saturated carbocycles. The van der Waals surface area contributed by atoms with Crippen molar-refractivity contribution in [2.75, 3.05) is 7.11 Å². The summed E-state index contributed by atoms with van der Waals surface area (Å²) in [5.74, 6) is 0.269. The molecule has 1 aromatic carbocycles. The number of benzene rings is 1. The van der Waals surface area contributed by atoms with Gasteiger partial charge in [0.25, 0.3) is 10.1 Å². The molecule has 1 aromatic rings. The van der Waals surface area contributed by atoms with Gasteiger partial charge in [-0.3, -0.25) is 4.55 Å². The molecule has 0 radical (unpaired) electrons. The lowest BCUT2D eigenvalue weighted by atomic mass is 10.3. The molecule has 0 aromatic heterocycles. The van der Waals surface area contributed by atoms with Crippen molar-refractivity contribution in [3.63, 3.8) is 0 Å². The van der Waals surface area contributed by atoms with Crippen LogP contribution in [0.25, 0.3) is 0 Å². The molecule has 0 fully saturated rings. The Bertz CT molecular complexity index is 455. The maximum Gasteiger partial charge on any atom is 0.296 e. The second-order valence-electron chi connectivity index (χ2n) is 2.42. The lowest BCUT2D eigenvalue weighted by Crippen LogP contribution is -1.98. The van der Waals surface area contributed by atoms with E-state index in [1.807, 2.05) is 0 Å². The molecule has 0 amide bonds. The van der Waals surface area contributed by atoms with E-state index in [-0.39, 0.29) is 11.4 Å². The molecule has 76 valence electrons. The Labute approximate surface area is 80.8 Å². The van der Waals surface area contributed by atoms with Crippen molar-refractivity contribution >= 4 is 15.8 Å². The highest BCUT2D eigenvalue weighted by molar-refractivity contribution is 7.86. The van der Waals surface area contributed by atoms with Crippen molar-refractivity contribution in [3.05, 3.63) is 18.2 Å². The van der Waals surface area contributed by atoms with Crippen molar-refractivity contribution in [2.45, 2.75) is 4.90 Å². The average molecular weight is 216 g/mol. The predicted octanol–water partition coefficient (Wildman–Crippen LogP) is 1.60. The van der Waals surface area contributed by atoms with Crippen molar-refractivity contribution in [2.24, 2.45) is 5.11 Å². The first-order valence-electron chi connectivity index (χ1n) is 3.52. The predicted molar refractivity (Wildman–Crippen MR) is 47.6 cm³/mol. The van der Waals surface area contributed by atoms with E-state index in [0.717, 1.165) is 6.07 Å². The Hall–Kier alpha value is -1.47. The fourth-order valence-corrected chi connectivity index (χ4v) is 1.56. The lowest BCUT2D eigenvalue weighted by molar-refractivity contribution is 0.412. The first-order valence-corrected chi connectivity index (χ1v) is 4.96. The zero-order valence-electron chi connectivity index (χ0n) is 7.26. The van der Waals surface area contributed by atoms with Crippen LogP contribution in [0, 0.1) is 5.53 Å². The Morgan fingerprint density at radius 3 is 2.57 bits per heavy atom. The van der Waals surface area contributed by atoms with E-state index in [1.165, 1.54) is 19.2 Å². The van der Waals surface area contributed by atoms with Crippen LogP contribution >= 0.6 is 0 Å². The first kappa shape index (κ1) is 10.6. The van der Waals surface area contributed by atoms with Gasteiger partial charge in [0.1, 0.15) is 16.3 Å². The Balaban J connectivity index is 3.44. The summed E-state index contributed by atoms with van der Waals surface area (Å²) in [6.07, 6.45) is 0. The normalized spacial score (nSPS) is 11.0. The molecule has 2 N–H and O–H groups in total. The average Bonchev–Trinajstić information content (AvgIpc) is 2.15. The summed E-state index contributed by atoms with van der Waals surface area (Å²) in [5, 5.41) is 2.97. The highest BCUT2D eigenvalue weighted by Gasteiger charge is 2.16. The molecule has 7 heteroatoms. The van der Waals surface area contributed by atoms with Crippen LogP contribution in [0.5, 0.6) is 5.75 Å².